The Morgan fingerprint density at radius 3 is 1.89 bits per heavy atom. The zero-order valence-electron chi connectivity index (χ0n) is 16.4. The molecule has 2 amide bonds. The van der Waals surface area contributed by atoms with Crippen molar-refractivity contribution in [3.63, 3.8) is 0 Å². The van der Waals surface area contributed by atoms with Crippen molar-refractivity contribution in [2.75, 3.05) is 17.2 Å². The van der Waals surface area contributed by atoms with Gasteiger partial charge in [0.25, 0.3) is 5.91 Å². The summed E-state index contributed by atoms with van der Waals surface area (Å²) in [5, 5.41) is 5.69. The normalized spacial score (nSPS) is 10.7. The predicted molar refractivity (Wildman–Crippen MR) is 109 cm³/mol. The molecule has 0 saturated carbocycles. The molecule has 2 aromatic rings. The van der Waals surface area contributed by atoms with E-state index in [2.05, 4.69) is 24.5 Å². The summed E-state index contributed by atoms with van der Waals surface area (Å²) in [6, 6.07) is 14.2. The molecule has 0 heterocycles. The summed E-state index contributed by atoms with van der Waals surface area (Å²) in [6.45, 7) is 8.82. The minimum absolute atomic E-state index is 0.0124. The van der Waals surface area contributed by atoms with Crippen LogP contribution in [0.25, 0.3) is 0 Å². The van der Waals surface area contributed by atoms with Crippen molar-refractivity contribution >= 4 is 23.2 Å². The third-order valence-electron chi connectivity index (χ3n) is 3.72. The third-order valence-corrected chi connectivity index (χ3v) is 3.72. The number of amides is 2. The number of rotatable bonds is 8. The van der Waals surface area contributed by atoms with Gasteiger partial charge in [-0.05, 0) is 60.4 Å². The molecule has 0 aliphatic carbocycles. The highest BCUT2D eigenvalue weighted by Crippen LogP contribution is 2.17. The Bertz CT molecular complexity index is 750. The number of benzene rings is 2. The Morgan fingerprint density at radius 2 is 1.37 bits per heavy atom. The van der Waals surface area contributed by atoms with Crippen LogP contribution in [0, 0.1) is 11.8 Å². The van der Waals surface area contributed by atoms with E-state index < -0.39 is 0 Å². The number of nitrogens with one attached hydrogen (secondary N) is 2. The number of carbonyl (C=O) groups is 2. The SMILES string of the molecule is CC(C)COc1ccc(C(=O)Nc2ccc(NC(=O)CC(C)C)cc2)cc1. The van der Waals surface area contributed by atoms with Crippen LogP contribution in [-0.4, -0.2) is 18.4 Å². The standard InChI is InChI=1S/C22H28N2O3/c1-15(2)13-21(25)23-18-7-9-19(10-8-18)24-22(26)17-5-11-20(12-6-17)27-14-16(3)4/h5-12,15-16H,13-14H2,1-4H3,(H,23,25)(H,24,26). The van der Waals surface area contributed by atoms with E-state index in [1.807, 2.05) is 13.8 Å². The maximum Gasteiger partial charge on any atom is 0.255 e. The quantitative estimate of drug-likeness (QED) is 0.692. The predicted octanol–water partition coefficient (Wildman–Crippen LogP) is 4.96. The first kappa shape index (κ1) is 20.5. The van der Waals surface area contributed by atoms with Gasteiger partial charge in [-0.1, -0.05) is 27.7 Å². The van der Waals surface area contributed by atoms with Crippen molar-refractivity contribution in [1.29, 1.82) is 0 Å². The van der Waals surface area contributed by atoms with Crippen LogP contribution in [0.4, 0.5) is 11.4 Å². The topological polar surface area (TPSA) is 67.4 Å². The van der Waals surface area contributed by atoms with Crippen LogP contribution >= 0.6 is 0 Å². The van der Waals surface area contributed by atoms with E-state index in [4.69, 9.17) is 4.74 Å². The minimum Gasteiger partial charge on any atom is -0.493 e. The summed E-state index contributed by atoms with van der Waals surface area (Å²) < 4.78 is 5.62. The van der Waals surface area contributed by atoms with Gasteiger partial charge in [-0.15, -0.1) is 0 Å². The van der Waals surface area contributed by atoms with Crippen molar-refractivity contribution in [2.24, 2.45) is 11.8 Å². The molecule has 0 radical (unpaired) electrons. The molecule has 0 aliphatic heterocycles. The first-order valence-corrected chi connectivity index (χ1v) is 9.27. The van der Waals surface area contributed by atoms with Gasteiger partial charge >= 0.3 is 0 Å². The fourth-order valence-corrected chi connectivity index (χ4v) is 2.39. The lowest BCUT2D eigenvalue weighted by atomic mass is 10.1. The number of anilines is 2. The molecule has 0 aromatic heterocycles. The van der Waals surface area contributed by atoms with Crippen LogP contribution in [0.15, 0.2) is 48.5 Å². The lowest BCUT2D eigenvalue weighted by Gasteiger charge is -2.10. The smallest absolute Gasteiger partial charge is 0.255 e. The van der Waals surface area contributed by atoms with Crippen molar-refractivity contribution in [3.8, 4) is 5.75 Å². The number of hydrogen-bond acceptors (Lipinski definition) is 3. The van der Waals surface area contributed by atoms with Gasteiger partial charge < -0.3 is 15.4 Å². The fraction of sp³-hybridized carbons (Fsp3) is 0.364. The first-order valence-electron chi connectivity index (χ1n) is 9.27. The second kappa shape index (κ2) is 9.76. The van der Waals surface area contributed by atoms with Crippen LogP contribution < -0.4 is 15.4 Å². The summed E-state index contributed by atoms with van der Waals surface area (Å²) in [5.41, 5.74) is 1.94. The van der Waals surface area contributed by atoms with Gasteiger partial charge in [-0.2, -0.15) is 0 Å². The van der Waals surface area contributed by atoms with E-state index in [-0.39, 0.29) is 11.8 Å². The minimum atomic E-state index is -0.193. The molecule has 27 heavy (non-hydrogen) atoms. The van der Waals surface area contributed by atoms with Gasteiger partial charge in [0.05, 0.1) is 6.61 Å². The lowest BCUT2D eigenvalue weighted by molar-refractivity contribution is -0.116. The molecular weight excluding hydrogens is 340 g/mol. The van der Waals surface area contributed by atoms with Crippen LogP contribution in [-0.2, 0) is 4.79 Å². The monoisotopic (exact) mass is 368 g/mol. The van der Waals surface area contributed by atoms with Gasteiger partial charge in [0.2, 0.25) is 5.91 Å². The van der Waals surface area contributed by atoms with Crippen LogP contribution in [0.2, 0.25) is 0 Å². The van der Waals surface area contributed by atoms with Gasteiger partial charge in [-0.3, -0.25) is 9.59 Å². The summed E-state index contributed by atoms with van der Waals surface area (Å²) in [6.07, 6.45) is 0.482. The van der Waals surface area contributed by atoms with Crippen LogP contribution in [0.3, 0.4) is 0 Å². The molecular formula is C22H28N2O3. The Kier molecular flexibility index (Phi) is 7.41. The molecule has 5 heteroatoms. The van der Waals surface area contributed by atoms with Crippen molar-refractivity contribution in [2.45, 2.75) is 34.1 Å². The molecule has 0 saturated heterocycles. The van der Waals surface area contributed by atoms with E-state index in [0.717, 1.165) is 5.75 Å². The van der Waals surface area contributed by atoms with E-state index in [1.54, 1.807) is 48.5 Å². The fourth-order valence-electron chi connectivity index (χ4n) is 2.39. The highest BCUT2D eigenvalue weighted by atomic mass is 16.5. The summed E-state index contributed by atoms with van der Waals surface area (Å²) in [4.78, 5) is 24.1. The van der Waals surface area contributed by atoms with Gasteiger partial charge in [-0.25, -0.2) is 0 Å². The lowest BCUT2D eigenvalue weighted by Crippen LogP contribution is -2.14. The summed E-state index contributed by atoms with van der Waals surface area (Å²) >= 11 is 0. The van der Waals surface area contributed by atoms with Gasteiger partial charge in [0.1, 0.15) is 5.75 Å². The van der Waals surface area contributed by atoms with Gasteiger partial charge in [0.15, 0.2) is 0 Å². The van der Waals surface area contributed by atoms with E-state index in [9.17, 15) is 9.59 Å². The molecule has 5 nitrogen and oxygen atoms in total. The van der Waals surface area contributed by atoms with Crippen molar-refractivity contribution in [3.05, 3.63) is 54.1 Å². The van der Waals surface area contributed by atoms with E-state index in [1.165, 1.54) is 0 Å². The van der Waals surface area contributed by atoms with Gasteiger partial charge in [0, 0.05) is 23.4 Å². The molecule has 0 fully saturated rings. The van der Waals surface area contributed by atoms with Crippen LogP contribution in [0.1, 0.15) is 44.5 Å². The largest absolute Gasteiger partial charge is 0.493 e. The second-order valence-electron chi connectivity index (χ2n) is 7.41. The molecule has 2 N–H and O–H groups in total. The summed E-state index contributed by atoms with van der Waals surface area (Å²) in [5.74, 6) is 1.31. The van der Waals surface area contributed by atoms with Crippen LogP contribution in [0.5, 0.6) is 5.75 Å². The molecule has 144 valence electrons. The molecule has 0 aliphatic rings. The second-order valence-corrected chi connectivity index (χ2v) is 7.41. The average molecular weight is 368 g/mol. The Labute approximate surface area is 161 Å². The highest BCUT2D eigenvalue weighted by molar-refractivity contribution is 6.04. The van der Waals surface area contributed by atoms with Crippen molar-refractivity contribution < 1.29 is 14.3 Å². The Morgan fingerprint density at radius 1 is 0.815 bits per heavy atom. The molecule has 0 atom stereocenters. The highest BCUT2D eigenvalue weighted by Gasteiger charge is 2.08. The number of carbonyl (C=O) groups excluding carboxylic acids is 2. The van der Waals surface area contributed by atoms with Crippen molar-refractivity contribution in [1.82, 2.24) is 0 Å². The maximum absolute atomic E-state index is 12.4. The average Bonchev–Trinajstić information content (AvgIpc) is 2.61. The molecule has 0 unspecified atom stereocenters. The number of ether oxygens (including phenoxy) is 1. The van der Waals surface area contributed by atoms with E-state index in [0.29, 0.717) is 41.8 Å². The third kappa shape index (κ3) is 7.13. The Hall–Kier alpha value is -2.82. The first-order chi connectivity index (χ1) is 12.8. The molecule has 2 rings (SSSR count). The summed E-state index contributed by atoms with van der Waals surface area (Å²) in [7, 11) is 0. The number of hydrogen-bond donors (Lipinski definition) is 2. The Balaban J connectivity index is 1.90. The molecule has 0 spiro atoms. The zero-order valence-corrected chi connectivity index (χ0v) is 16.4. The molecule has 0 bridgehead atoms. The zero-order chi connectivity index (χ0) is 19.8. The maximum atomic E-state index is 12.4. The van der Waals surface area contributed by atoms with E-state index >= 15 is 0 Å². The molecule has 2 aromatic carbocycles.